The van der Waals surface area contributed by atoms with E-state index in [1.165, 1.54) is 31.2 Å². The average Bonchev–Trinajstić information content (AvgIpc) is 2.83. The molecule has 0 aliphatic carbocycles. The van der Waals surface area contributed by atoms with Crippen LogP contribution in [-0.2, 0) is 16.0 Å². The van der Waals surface area contributed by atoms with Gasteiger partial charge in [0.15, 0.2) is 0 Å². The number of amides is 2. The second-order valence-electron chi connectivity index (χ2n) is 7.78. The van der Waals surface area contributed by atoms with Gasteiger partial charge in [0.2, 0.25) is 11.8 Å². The molecule has 27 heavy (non-hydrogen) atoms. The molecule has 3 rings (SSSR count). The molecule has 0 aromatic heterocycles. The van der Waals surface area contributed by atoms with Crippen molar-refractivity contribution in [1.82, 2.24) is 15.1 Å². The summed E-state index contributed by atoms with van der Waals surface area (Å²) in [4.78, 5) is 29.6. The molecule has 2 aliphatic rings. The summed E-state index contributed by atoms with van der Waals surface area (Å²) in [6, 6.07) is 10.0. The van der Waals surface area contributed by atoms with E-state index in [4.69, 9.17) is 0 Å². The van der Waals surface area contributed by atoms with E-state index in [1.54, 1.807) is 0 Å². The molecule has 2 fully saturated rings. The summed E-state index contributed by atoms with van der Waals surface area (Å²) >= 11 is 0. The number of nitrogens with zero attached hydrogens (tertiary/aromatic N) is 2. The number of hydrogen-bond donors (Lipinski definition) is 1. The number of benzene rings is 1. The summed E-state index contributed by atoms with van der Waals surface area (Å²) in [5, 5.41) is 2.95. The van der Waals surface area contributed by atoms with E-state index >= 15 is 0 Å². The maximum atomic E-state index is 12.9. The molecule has 2 aliphatic heterocycles. The molecule has 1 N–H and O–H groups in total. The van der Waals surface area contributed by atoms with Crippen molar-refractivity contribution >= 4 is 11.8 Å². The second kappa shape index (κ2) is 10.5. The van der Waals surface area contributed by atoms with Crippen LogP contribution >= 0.6 is 0 Å². The first-order chi connectivity index (χ1) is 13.2. The van der Waals surface area contributed by atoms with E-state index in [2.05, 4.69) is 22.3 Å². The van der Waals surface area contributed by atoms with E-state index < -0.39 is 0 Å². The van der Waals surface area contributed by atoms with Gasteiger partial charge in [-0.05, 0) is 24.8 Å². The van der Waals surface area contributed by atoms with Gasteiger partial charge in [0.25, 0.3) is 0 Å². The fraction of sp³-hybridized carbons (Fsp3) is 0.636. The van der Waals surface area contributed by atoms with Gasteiger partial charge in [0, 0.05) is 32.7 Å². The zero-order valence-electron chi connectivity index (χ0n) is 16.4. The smallest absolute Gasteiger partial charge is 0.237 e. The minimum absolute atomic E-state index is 0.00641. The predicted molar refractivity (Wildman–Crippen MR) is 107 cm³/mol. The lowest BCUT2D eigenvalue weighted by molar-refractivity contribution is -0.139. The first kappa shape index (κ1) is 19.9. The number of nitrogens with one attached hydrogen (secondary N) is 1. The fourth-order valence-corrected chi connectivity index (χ4v) is 4.14. The van der Waals surface area contributed by atoms with Crippen LogP contribution in [0, 0.1) is 0 Å². The number of rotatable bonds is 5. The molecule has 1 atom stereocenters. The highest BCUT2D eigenvalue weighted by Gasteiger charge is 2.32. The van der Waals surface area contributed by atoms with Gasteiger partial charge in [-0.3, -0.25) is 14.5 Å². The van der Waals surface area contributed by atoms with E-state index in [1.807, 2.05) is 23.1 Å². The number of piperazine rings is 1. The molecule has 5 heteroatoms. The van der Waals surface area contributed by atoms with Crippen molar-refractivity contribution in [2.75, 3.05) is 32.7 Å². The lowest BCUT2D eigenvalue weighted by Gasteiger charge is -2.36. The first-order valence-electron chi connectivity index (χ1n) is 10.6. The van der Waals surface area contributed by atoms with Crippen LogP contribution in [0.4, 0.5) is 0 Å². The lowest BCUT2D eigenvalue weighted by Crippen LogP contribution is -2.57. The van der Waals surface area contributed by atoms with Gasteiger partial charge in [-0.2, -0.15) is 0 Å². The largest absolute Gasteiger partial charge is 0.353 e. The van der Waals surface area contributed by atoms with Gasteiger partial charge >= 0.3 is 0 Å². The molecule has 1 aromatic rings. The van der Waals surface area contributed by atoms with Crippen molar-refractivity contribution in [3.63, 3.8) is 0 Å². The molecule has 5 nitrogen and oxygen atoms in total. The van der Waals surface area contributed by atoms with E-state index in [0.29, 0.717) is 13.0 Å². The molecule has 0 radical (unpaired) electrons. The van der Waals surface area contributed by atoms with Crippen molar-refractivity contribution in [3.8, 4) is 0 Å². The Kier molecular flexibility index (Phi) is 7.69. The highest BCUT2D eigenvalue weighted by molar-refractivity contribution is 5.88. The van der Waals surface area contributed by atoms with Crippen LogP contribution in [0.5, 0.6) is 0 Å². The van der Waals surface area contributed by atoms with Crippen molar-refractivity contribution < 1.29 is 9.59 Å². The Labute approximate surface area is 163 Å². The molecule has 1 aromatic carbocycles. The second-order valence-corrected chi connectivity index (χ2v) is 7.78. The van der Waals surface area contributed by atoms with Gasteiger partial charge in [-0.25, -0.2) is 0 Å². The van der Waals surface area contributed by atoms with Gasteiger partial charge in [0.1, 0.15) is 0 Å². The Hall–Kier alpha value is -1.88. The molecule has 0 spiro atoms. The van der Waals surface area contributed by atoms with Gasteiger partial charge < -0.3 is 10.2 Å². The van der Waals surface area contributed by atoms with Crippen LogP contribution in [0.2, 0.25) is 0 Å². The summed E-state index contributed by atoms with van der Waals surface area (Å²) in [6.45, 7) is 3.99. The van der Waals surface area contributed by atoms with Crippen LogP contribution in [-0.4, -0.2) is 60.4 Å². The first-order valence-corrected chi connectivity index (χ1v) is 10.6. The molecular weight excluding hydrogens is 338 g/mol. The maximum absolute atomic E-state index is 12.9. The van der Waals surface area contributed by atoms with Gasteiger partial charge in [-0.15, -0.1) is 0 Å². The summed E-state index contributed by atoms with van der Waals surface area (Å²) in [5.41, 5.74) is 1.27. The Morgan fingerprint density at radius 1 is 0.963 bits per heavy atom. The zero-order chi connectivity index (χ0) is 18.9. The molecule has 1 unspecified atom stereocenters. The number of carbonyl (C=O) groups excluding carboxylic acids is 2. The predicted octanol–water partition coefficient (Wildman–Crippen LogP) is 2.60. The van der Waals surface area contributed by atoms with Crippen molar-refractivity contribution in [2.24, 2.45) is 0 Å². The Morgan fingerprint density at radius 2 is 1.63 bits per heavy atom. The third-order valence-electron chi connectivity index (χ3n) is 5.80. The topological polar surface area (TPSA) is 52.7 Å². The summed E-state index contributed by atoms with van der Waals surface area (Å²) in [7, 11) is 0. The number of hydrogen-bond acceptors (Lipinski definition) is 3. The van der Waals surface area contributed by atoms with Crippen LogP contribution < -0.4 is 5.32 Å². The van der Waals surface area contributed by atoms with Crippen LogP contribution in [0.3, 0.4) is 0 Å². The normalized spacial score (nSPS) is 22.4. The van der Waals surface area contributed by atoms with E-state index in [-0.39, 0.29) is 17.9 Å². The Balaban J connectivity index is 1.58. The van der Waals surface area contributed by atoms with Crippen molar-refractivity contribution in [1.29, 1.82) is 0 Å². The zero-order valence-corrected chi connectivity index (χ0v) is 16.4. The Bertz CT molecular complexity index is 595. The van der Waals surface area contributed by atoms with E-state index in [9.17, 15) is 9.59 Å². The SMILES string of the molecule is O=C1NCCN(CCc2ccccc2)C1CC(=O)N1CCCCCCCC1. The standard InChI is InChI=1S/C22H33N3O2/c26-21(25-14-8-3-1-2-4-9-15-25)18-20-22(27)23-13-17-24(20)16-12-19-10-6-5-7-11-19/h5-7,10-11,20H,1-4,8-9,12-18H2,(H,23,27). The van der Waals surface area contributed by atoms with Gasteiger partial charge in [0.05, 0.1) is 12.5 Å². The molecule has 2 amide bonds. The van der Waals surface area contributed by atoms with Crippen molar-refractivity contribution in [3.05, 3.63) is 35.9 Å². The van der Waals surface area contributed by atoms with Crippen LogP contribution in [0.15, 0.2) is 30.3 Å². The van der Waals surface area contributed by atoms with E-state index in [0.717, 1.165) is 45.4 Å². The lowest BCUT2D eigenvalue weighted by atomic mass is 10.1. The summed E-state index contributed by atoms with van der Waals surface area (Å²) in [6.07, 6.45) is 8.35. The monoisotopic (exact) mass is 371 g/mol. The summed E-state index contributed by atoms with van der Waals surface area (Å²) < 4.78 is 0. The average molecular weight is 372 g/mol. The molecule has 2 heterocycles. The maximum Gasteiger partial charge on any atom is 0.237 e. The Morgan fingerprint density at radius 3 is 2.33 bits per heavy atom. The highest BCUT2D eigenvalue weighted by Crippen LogP contribution is 2.16. The van der Waals surface area contributed by atoms with Crippen LogP contribution in [0.1, 0.15) is 50.5 Å². The molecule has 148 valence electrons. The fourth-order valence-electron chi connectivity index (χ4n) is 4.14. The minimum Gasteiger partial charge on any atom is -0.353 e. The summed E-state index contributed by atoms with van der Waals surface area (Å²) in [5.74, 6) is 0.149. The minimum atomic E-state index is -0.331. The number of carbonyl (C=O) groups is 2. The quantitative estimate of drug-likeness (QED) is 0.866. The van der Waals surface area contributed by atoms with Crippen molar-refractivity contribution in [2.45, 2.75) is 57.4 Å². The molecule has 2 saturated heterocycles. The molecule has 0 saturated carbocycles. The molecular formula is C22H33N3O2. The third kappa shape index (κ3) is 6.06. The molecule has 0 bridgehead atoms. The van der Waals surface area contributed by atoms with Crippen LogP contribution in [0.25, 0.3) is 0 Å². The third-order valence-corrected chi connectivity index (χ3v) is 5.80. The highest BCUT2D eigenvalue weighted by atomic mass is 16.2. The van der Waals surface area contributed by atoms with Gasteiger partial charge in [-0.1, -0.05) is 56.0 Å².